The van der Waals surface area contributed by atoms with Crippen LogP contribution in [0.2, 0.25) is 0 Å². The molecule has 0 aliphatic carbocycles. The highest BCUT2D eigenvalue weighted by molar-refractivity contribution is 5.21. The van der Waals surface area contributed by atoms with E-state index in [-0.39, 0.29) is 11.9 Å². The molecular formula is C13H17FN4. The van der Waals surface area contributed by atoms with Crippen molar-refractivity contribution in [1.82, 2.24) is 20.1 Å². The fraction of sp³-hybridized carbons (Fsp3) is 0.385. The third kappa shape index (κ3) is 2.92. The third-order valence-electron chi connectivity index (χ3n) is 2.91. The maximum atomic E-state index is 12.9. The molecule has 96 valence electrons. The lowest BCUT2D eigenvalue weighted by atomic mass is 10.0. The highest BCUT2D eigenvalue weighted by Gasteiger charge is 2.14. The van der Waals surface area contributed by atoms with Crippen LogP contribution >= 0.6 is 0 Å². The fourth-order valence-corrected chi connectivity index (χ4v) is 1.94. The molecule has 18 heavy (non-hydrogen) atoms. The Balaban J connectivity index is 2.18. The molecule has 2 aromatic rings. The number of hydrogen-bond donors (Lipinski definition) is 1. The molecule has 1 unspecified atom stereocenters. The van der Waals surface area contributed by atoms with Gasteiger partial charge in [0.15, 0.2) is 0 Å². The number of aromatic nitrogens is 3. The summed E-state index contributed by atoms with van der Waals surface area (Å²) in [6.07, 6.45) is 2.28. The molecule has 0 spiro atoms. The number of hydrogen-bond acceptors (Lipinski definition) is 3. The van der Waals surface area contributed by atoms with Crippen LogP contribution in [0.25, 0.3) is 0 Å². The molecule has 4 nitrogen and oxygen atoms in total. The highest BCUT2D eigenvalue weighted by Crippen LogP contribution is 2.17. The Kier molecular flexibility index (Phi) is 4.04. The minimum Gasteiger partial charge on any atom is -0.310 e. The molecule has 2 rings (SSSR count). The van der Waals surface area contributed by atoms with Crippen molar-refractivity contribution in [3.63, 3.8) is 0 Å². The first-order chi connectivity index (χ1) is 8.70. The van der Waals surface area contributed by atoms with Crippen LogP contribution in [0.5, 0.6) is 0 Å². The largest absolute Gasteiger partial charge is 0.310 e. The van der Waals surface area contributed by atoms with Gasteiger partial charge < -0.3 is 5.32 Å². The number of benzene rings is 1. The van der Waals surface area contributed by atoms with Crippen LogP contribution < -0.4 is 5.32 Å². The second kappa shape index (κ2) is 5.73. The van der Waals surface area contributed by atoms with E-state index in [4.69, 9.17) is 0 Å². The summed E-state index contributed by atoms with van der Waals surface area (Å²) in [6.45, 7) is 2.90. The van der Waals surface area contributed by atoms with Crippen molar-refractivity contribution in [3.8, 4) is 0 Å². The average Bonchev–Trinajstić information content (AvgIpc) is 2.76. The van der Waals surface area contributed by atoms with E-state index in [9.17, 15) is 4.39 Å². The predicted octanol–water partition coefficient (Wildman–Crippen LogP) is 1.85. The molecule has 1 aromatic heterocycles. The van der Waals surface area contributed by atoms with Crippen molar-refractivity contribution in [2.75, 3.05) is 6.54 Å². The van der Waals surface area contributed by atoms with Crippen LogP contribution in [-0.2, 0) is 13.5 Å². The predicted molar refractivity (Wildman–Crippen MR) is 67.5 cm³/mol. The first kappa shape index (κ1) is 12.7. The van der Waals surface area contributed by atoms with E-state index < -0.39 is 0 Å². The maximum Gasteiger partial charge on any atom is 0.138 e. The normalized spacial score (nSPS) is 12.6. The summed E-state index contributed by atoms with van der Waals surface area (Å²) in [5.74, 6) is 0.693. The molecule has 0 saturated heterocycles. The number of rotatable bonds is 5. The molecular weight excluding hydrogens is 231 g/mol. The number of nitrogens with one attached hydrogen (secondary N) is 1. The molecule has 0 amide bonds. The van der Waals surface area contributed by atoms with Crippen molar-refractivity contribution < 1.29 is 4.39 Å². The average molecular weight is 248 g/mol. The number of nitrogens with zero attached hydrogens (tertiary/aromatic N) is 3. The molecule has 5 heteroatoms. The summed E-state index contributed by atoms with van der Waals surface area (Å²) < 4.78 is 14.7. The van der Waals surface area contributed by atoms with Crippen LogP contribution in [0.3, 0.4) is 0 Å². The SMILES string of the molecule is CCNC(Cc1ncnn1C)c1ccc(F)cc1. The van der Waals surface area contributed by atoms with Crippen LogP contribution in [0, 0.1) is 5.82 Å². The van der Waals surface area contributed by atoms with Gasteiger partial charge in [-0.25, -0.2) is 9.37 Å². The Bertz CT molecular complexity index is 492. The Morgan fingerprint density at radius 3 is 2.61 bits per heavy atom. The van der Waals surface area contributed by atoms with Crippen molar-refractivity contribution >= 4 is 0 Å². The molecule has 1 aromatic carbocycles. The summed E-state index contributed by atoms with van der Waals surface area (Å²) in [5.41, 5.74) is 1.06. The fourth-order valence-electron chi connectivity index (χ4n) is 1.94. The molecule has 0 radical (unpaired) electrons. The van der Waals surface area contributed by atoms with Gasteiger partial charge in [-0.15, -0.1) is 0 Å². The van der Waals surface area contributed by atoms with Crippen molar-refractivity contribution in [2.24, 2.45) is 7.05 Å². The van der Waals surface area contributed by atoms with Gasteiger partial charge in [-0.3, -0.25) is 4.68 Å². The summed E-state index contributed by atoms with van der Waals surface area (Å²) >= 11 is 0. The van der Waals surface area contributed by atoms with Crippen molar-refractivity contribution in [1.29, 1.82) is 0 Å². The summed E-state index contributed by atoms with van der Waals surface area (Å²) in [5, 5.41) is 7.44. The monoisotopic (exact) mass is 248 g/mol. The second-order valence-electron chi connectivity index (χ2n) is 4.17. The smallest absolute Gasteiger partial charge is 0.138 e. The number of halogens is 1. The van der Waals surface area contributed by atoms with E-state index in [0.717, 1.165) is 24.4 Å². The Hall–Kier alpha value is -1.75. The summed E-state index contributed by atoms with van der Waals surface area (Å²) in [6, 6.07) is 6.70. The lowest BCUT2D eigenvalue weighted by molar-refractivity contribution is 0.520. The molecule has 0 saturated carbocycles. The van der Waals surface area contributed by atoms with Gasteiger partial charge in [0.05, 0.1) is 0 Å². The van der Waals surface area contributed by atoms with E-state index >= 15 is 0 Å². The third-order valence-corrected chi connectivity index (χ3v) is 2.91. The Morgan fingerprint density at radius 1 is 1.33 bits per heavy atom. The topological polar surface area (TPSA) is 42.7 Å². The van der Waals surface area contributed by atoms with Crippen LogP contribution in [0.4, 0.5) is 4.39 Å². The first-order valence-electron chi connectivity index (χ1n) is 6.02. The second-order valence-corrected chi connectivity index (χ2v) is 4.17. The quantitative estimate of drug-likeness (QED) is 0.878. The molecule has 0 bridgehead atoms. The first-order valence-corrected chi connectivity index (χ1v) is 6.02. The van der Waals surface area contributed by atoms with Gasteiger partial charge in [0.2, 0.25) is 0 Å². The standard InChI is InChI=1S/C13H17FN4/c1-3-15-12(8-13-16-9-17-18(13)2)10-4-6-11(14)7-5-10/h4-7,9,12,15H,3,8H2,1-2H3. The molecule has 1 heterocycles. The molecule has 0 fully saturated rings. The van der Waals surface area contributed by atoms with Gasteiger partial charge >= 0.3 is 0 Å². The zero-order valence-corrected chi connectivity index (χ0v) is 10.6. The Labute approximate surface area is 106 Å². The molecule has 1 N–H and O–H groups in total. The zero-order valence-electron chi connectivity index (χ0n) is 10.6. The molecule has 1 atom stereocenters. The van der Waals surface area contributed by atoms with E-state index in [1.165, 1.54) is 12.1 Å². The molecule has 0 aliphatic heterocycles. The minimum atomic E-state index is -0.215. The maximum absolute atomic E-state index is 12.9. The summed E-state index contributed by atoms with van der Waals surface area (Å²) in [4.78, 5) is 4.22. The van der Waals surface area contributed by atoms with Crippen molar-refractivity contribution in [3.05, 3.63) is 47.8 Å². The van der Waals surface area contributed by atoms with Crippen LogP contribution in [-0.4, -0.2) is 21.3 Å². The van der Waals surface area contributed by atoms with Gasteiger partial charge in [-0.2, -0.15) is 5.10 Å². The van der Waals surface area contributed by atoms with Gasteiger partial charge in [0.25, 0.3) is 0 Å². The number of likely N-dealkylation sites (N-methyl/N-ethyl adjacent to an activating group) is 1. The van der Waals surface area contributed by atoms with E-state index in [2.05, 4.69) is 15.4 Å². The number of aryl methyl sites for hydroxylation is 1. The Morgan fingerprint density at radius 2 is 2.06 bits per heavy atom. The van der Waals surface area contributed by atoms with E-state index in [1.807, 2.05) is 14.0 Å². The lowest BCUT2D eigenvalue weighted by Gasteiger charge is -2.17. The van der Waals surface area contributed by atoms with E-state index in [0.29, 0.717) is 0 Å². The van der Waals surface area contributed by atoms with Crippen LogP contribution in [0.15, 0.2) is 30.6 Å². The summed E-state index contributed by atoms with van der Waals surface area (Å²) in [7, 11) is 1.87. The van der Waals surface area contributed by atoms with Gasteiger partial charge in [0, 0.05) is 19.5 Å². The van der Waals surface area contributed by atoms with Gasteiger partial charge in [-0.1, -0.05) is 19.1 Å². The van der Waals surface area contributed by atoms with E-state index in [1.54, 1.807) is 23.1 Å². The minimum absolute atomic E-state index is 0.124. The zero-order chi connectivity index (χ0) is 13.0. The van der Waals surface area contributed by atoms with Gasteiger partial charge in [-0.05, 0) is 24.2 Å². The molecule has 0 aliphatic rings. The van der Waals surface area contributed by atoms with Crippen LogP contribution in [0.1, 0.15) is 24.4 Å². The van der Waals surface area contributed by atoms with Crippen molar-refractivity contribution in [2.45, 2.75) is 19.4 Å². The highest BCUT2D eigenvalue weighted by atomic mass is 19.1. The lowest BCUT2D eigenvalue weighted by Crippen LogP contribution is -2.24. The van der Waals surface area contributed by atoms with Gasteiger partial charge in [0.1, 0.15) is 18.0 Å².